The Hall–Kier alpha value is -3.01. The first-order chi connectivity index (χ1) is 13.6. The molecule has 3 rings (SSSR count). The van der Waals surface area contributed by atoms with Gasteiger partial charge in [0.2, 0.25) is 0 Å². The van der Waals surface area contributed by atoms with Crippen molar-refractivity contribution >= 4 is 51.7 Å². The van der Waals surface area contributed by atoms with Crippen LogP contribution in [0.3, 0.4) is 0 Å². The summed E-state index contributed by atoms with van der Waals surface area (Å²) in [5.74, 6) is -0.973. The highest BCUT2D eigenvalue weighted by atomic mass is 35.5. The number of rotatable bonds is 6. The minimum atomic E-state index is -0.516. The number of hydrogen-bond acceptors (Lipinski definition) is 5. The van der Waals surface area contributed by atoms with Gasteiger partial charge >= 0.3 is 5.97 Å². The Morgan fingerprint density at radius 2 is 1.82 bits per heavy atom. The molecule has 7 heteroatoms. The number of nitriles is 1. The minimum absolute atomic E-state index is 0.0480. The summed E-state index contributed by atoms with van der Waals surface area (Å²) in [6.45, 7) is -0.421. The molecule has 0 saturated carbocycles. The number of thioether (sulfide) groups is 1. The number of amides is 1. The van der Waals surface area contributed by atoms with Crippen LogP contribution < -0.4 is 5.32 Å². The lowest BCUT2D eigenvalue weighted by molar-refractivity contribution is -0.144. The SMILES string of the molecule is N#Cc1ccccc1NC(=O)COC(=O)CSc1cccc2cccc(Cl)c12. The third kappa shape index (κ3) is 4.83. The molecule has 140 valence electrons. The van der Waals surface area contributed by atoms with Crippen molar-refractivity contribution < 1.29 is 14.3 Å². The van der Waals surface area contributed by atoms with E-state index in [1.165, 1.54) is 11.8 Å². The zero-order valence-corrected chi connectivity index (χ0v) is 16.2. The number of nitrogens with one attached hydrogen (secondary N) is 1. The molecule has 0 bridgehead atoms. The van der Waals surface area contributed by atoms with Crippen LogP contribution in [0, 0.1) is 11.3 Å². The Balaban J connectivity index is 1.54. The lowest BCUT2D eigenvalue weighted by Crippen LogP contribution is -2.22. The summed E-state index contributed by atoms with van der Waals surface area (Å²) in [5.41, 5.74) is 0.719. The molecule has 0 radical (unpaired) electrons. The number of anilines is 1. The Labute approximate surface area is 171 Å². The lowest BCUT2D eigenvalue weighted by Gasteiger charge is -2.09. The molecule has 1 amide bonds. The third-order valence-corrected chi connectivity index (χ3v) is 5.19. The molecule has 3 aromatic rings. The Kier molecular flexibility index (Phi) is 6.53. The van der Waals surface area contributed by atoms with Crippen LogP contribution in [0.1, 0.15) is 5.56 Å². The Bertz CT molecular complexity index is 1070. The fraction of sp³-hybridized carbons (Fsp3) is 0.0952. The molecule has 0 fully saturated rings. The number of esters is 1. The van der Waals surface area contributed by atoms with Crippen LogP contribution in [0.25, 0.3) is 10.8 Å². The van der Waals surface area contributed by atoms with Crippen LogP contribution in [0.15, 0.2) is 65.6 Å². The molecule has 0 aromatic heterocycles. The van der Waals surface area contributed by atoms with E-state index in [-0.39, 0.29) is 5.75 Å². The van der Waals surface area contributed by atoms with Crippen molar-refractivity contribution in [1.29, 1.82) is 5.26 Å². The first-order valence-corrected chi connectivity index (χ1v) is 9.69. The number of ether oxygens (including phenoxy) is 1. The van der Waals surface area contributed by atoms with Gasteiger partial charge in [0.1, 0.15) is 6.07 Å². The maximum Gasteiger partial charge on any atom is 0.316 e. The number of halogens is 1. The van der Waals surface area contributed by atoms with E-state index in [4.69, 9.17) is 21.6 Å². The number of fused-ring (bicyclic) bond motifs is 1. The van der Waals surface area contributed by atoms with Gasteiger partial charge in [-0.05, 0) is 29.7 Å². The predicted molar refractivity (Wildman–Crippen MR) is 110 cm³/mol. The summed E-state index contributed by atoms with van der Waals surface area (Å²) < 4.78 is 5.03. The van der Waals surface area contributed by atoms with E-state index < -0.39 is 18.5 Å². The van der Waals surface area contributed by atoms with Gasteiger partial charge in [-0.15, -0.1) is 11.8 Å². The predicted octanol–water partition coefficient (Wildman–Crippen LogP) is 4.64. The van der Waals surface area contributed by atoms with Gasteiger partial charge in [-0.3, -0.25) is 9.59 Å². The molecule has 0 aliphatic heterocycles. The quantitative estimate of drug-likeness (QED) is 0.473. The topological polar surface area (TPSA) is 79.2 Å². The molecule has 28 heavy (non-hydrogen) atoms. The summed E-state index contributed by atoms with van der Waals surface area (Å²) >= 11 is 7.58. The van der Waals surface area contributed by atoms with Gasteiger partial charge in [0, 0.05) is 15.3 Å². The highest BCUT2D eigenvalue weighted by Crippen LogP contribution is 2.33. The summed E-state index contributed by atoms with van der Waals surface area (Å²) in [7, 11) is 0. The summed E-state index contributed by atoms with van der Waals surface area (Å²) in [4.78, 5) is 24.8. The molecule has 3 aromatic carbocycles. The highest BCUT2D eigenvalue weighted by Gasteiger charge is 2.12. The molecule has 0 spiro atoms. The fourth-order valence-corrected chi connectivity index (χ4v) is 3.83. The molecule has 0 atom stereocenters. The van der Waals surface area contributed by atoms with Crippen molar-refractivity contribution in [1.82, 2.24) is 0 Å². The normalized spacial score (nSPS) is 10.3. The standard InChI is InChI=1S/C21H15ClN2O3S/c22-16-8-3-6-14-7-4-10-18(21(14)16)28-13-20(26)27-12-19(25)24-17-9-2-1-5-15(17)11-23/h1-10H,12-13H2,(H,24,25). The average Bonchev–Trinajstić information content (AvgIpc) is 2.71. The van der Waals surface area contributed by atoms with Crippen LogP contribution in [-0.4, -0.2) is 24.2 Å². The monoisotopic (exact) mass is 410 g/mol. The average molecular weight is 411 g/mol. The van der Waals surface area contributed by atoms with Gasteiger partial charge in [-0.2, -0.15) is 5.26 Å². The van der Waals surface area contributed by atoms with Gasteiger partial charge < -0.3 is 10.1 Å². The Morgan fingerprint density at radius 1 is 1.07 bits per heavy atom. The summed E-state index contributed by atoms with van der Waals surface area (Å²) in [5, 5.41) is 14.1. The van der Waals surface area contributed by atoms with E-state index in [9.17, 15) is 9.59 Å². The van der Waals surface area contributed by atoms with Gasteiger partial charge in [0.05, 0.1) is 17.0 Å². The number of benzene rings is 3. The van der Waals surface area contributed by atoms with Gasteiger partial charge in [0.25, 0.3) is 5.91 Å². The van der Waals surface area contributed by atoms with Crippen molar-refractivity contribution in [2.45, 2.75) is 4.90 Å². The largest absolute Gasteiger partial charge is 0.455 e. The van der Waals surface area contributed by atoms with Crippen LogP contribution in [-0.2, 0) is 14.3 Å². The molecule has 0 aliphatic carbocycles. The van der Waals surface area contributed by atoms with Crippen LogP contribution in [0.5, 0.6) is 0 Å². The fourth-order valence-electron chi connectivity index (χ4n) is 2.58. The zero-order chi connectivity index (χ0) is 19.9. The molecule has 5 nitrogen and oxygen atoms in total. The van der Waals surface area contributed by atoms with Crippen molar-refractivity contribution in [3.63, 3.8) is 0 Å². The molecule has 0 aliphatic rings. The van der Waals surface area contributed by atoms with E-state index in [0.717, 1.165) is 15.7 Å². The summed E-state index contributed by atoms with van der Waals surface area (Å²) in [6, 6.07) is 19.9. The zero-order valence-electron chi connectivity index (χ0n) is 14.6. The van der Waals surface area contributed by atoms with Crippen LogP contribution in [0.4, 0.5) is 5.69 Å². The van der Waals surface area contributed by atoms with Crippen molar-refractivity contribution in [3.8, 4) is 6.07 Å². The van der Waals surface area contributed by atoms with Gasteiger partial charge in [0.15, 0.2) is 6.61 Å². The van der Waals surface area contributed by atoms with Crippen LogP contribution in [0.2, 0.25) is 5.02 Å². The van der Waals surface area contributed by atoms with Gasteiger partial charge in [-0.1, -0.05) is 48.0 Å². The number of para-hydroxylation sites is 1. The smallest absolute Gasteiger partial charge is 0.316 e. The molecule has 0 saturated heterocycles. The first-order valence-electron chi connectivity index (χ1n) is 8.33. The highest BCUT2D eigenvalue weighted by molar-refractivity contribution is 8.00. The number of carbonyl (C=O) groups excluding carboxylic acids is 2. The van der Waals surface area contributed by atoms with Crippen molar-refractivity contribution in [2.24, 2.45) is 0 Å². The number of carbonyl (C=O) groups is 2. The molecule has 1 N–H and O–H groups in total. The van der Waals surface area contributed by atoms with Gasteiger partial charge in [-0.25, -0.2) is 0 Å². The maximum atomic E-state index is 12.0. The second-order valence-electron chi connectivity index (χ2n) is 5.75. The second-order valence-corrected chi connectivity index (χ2v) is 7.17. The second kappa shape index (κ2) is 9.27. The number of nitrogens with zero attached hydrogens (tertiary/aromatic N) is 1. The first kappa shape index (κ1) is 19.7. The molecular weight excluding hydrogens is 396 g/mol. The third-order valence-electron chi connectivity index (χ3n) is 3.85. The van der Waals surface area contributed by atoms with Crippen LogP contribution >= 0.6 is 23.4 Å². The molecular formula is C21H15ClN2O3S. The van der Waals surface area contributed by atoms with Crippen molar-refractivity contribution in [3.05, 3.63) is 71.2 Å². The summed E-state index contributed by atoms with van der Waals surface area (Å²) in [6.07, 6.45) is 0. The molecule has 0 heterocycles. The lowest BCUT2D eigenvalue weighted by atomic mass is 10.1. The van der Waals surface area contributed by atoms with Crippen molar-refractivity contribution in [2.75, 3.05) is 17.7 Å². The maximum absolute atomic E-state index is 12.0. The van der Waals surface area contributed by atoms with E-state index >= 15 is 0 Å². The molecule has 0 unspecified atom stereocenters. The van der Waals surface area contributed by atoms with E-state index in [1.54, 1.807) is 30.3 Å². The van der Waals surface area contributed by atoms with E-state index in [1.807, 2.05) is 36.4 Å². The van der Waals surface area contributed by atoms with E-state index in [0.29, 0.717) is 16.3 Å². The minimum Gasteiger partial charge on any atom is -0.455 e. The number of hydrogen-bond donors (Lipinski definition) is 1. The van der Waals surface area contributed by atoms with E-state index in [2.05, 4.69) is 5.32 Å². The Morgan fingerprint density at radius 3 is 2.61 bits per heavy atom.